The van der Waals surface area contributed by atoms with Crippen LogP contribution in [-0.4, -0.2) is 21.0 Å². The monoisotopic (exact) mass is 658 g/mol. The number of thiophene rings is 1. The van der Waals surface area contributed by atoms with Crippen LogP contribution in [0.1, 0.15) is 11.5 Å². The summed E-state index contributed by atoms with van der Waals surface area (Å²) in [5.74, 6) is 2.23. The van der Waals surface area contributed by atoms with E-state index in [0.717, 1.165) is 27.9 Å². The lowest BCUT2D eigenvalue weighted by Crippen LogP contribution is -2.28. The number of allylic oxidation sites excluding steroid dienone is 2. The van der Waals surface area contributed by atoms with Crippen LogP contribution in [0.15, 0.2) is 170 Å². The number of aromatic nitrogens is 3. The van der Waals surface area contributed by atoms with Crippen LogP contribution in [0.5, 0.6) is 0 Å². The lowest BCUT2D eigenvalue weighted by atomic mass is 9.91. The first-order valence-corrected chi connectivity index (χ1v) is 17.8. The molecule has 0 N–H and O–H groups in total. The van der Waals surface area contributed by atoms with E-state index in [1.807, 2.05) is 35.6 Å². The third-order valence-electron chi connectivity index (χ3n) is 9.86. The lowest BCUT2D eigenvalue weighted by molar-refractivity contribution is 0.745. The second-order valence-corrected chi connectivity index (χ2v) is 13.9. The Bertz CT molecular complexity index is 2610. The number of hydrogen-bond donors (Lipinski definition) is 0. The normalized spacial score (nSPS) is 16.2. The molecule has 2 aliphatic rings. The summed E-state index contributed by atoms with van der Waals surface area (Å²) in [6.07, 6.45) is 9.05. The van der Waals surface area contributed by atoms with Crippen LogP contribution in [0.3, 0.4) is 0 Å². The van der Waals surface area contributed by atoms with Crippen molar-refractivity contribution >= 4 is 42.9 Å². The Morgan fingerprint density at radius 2 is 1.08 bits per heavy atom. The fraction of sp³-hybridized carbons (Fsp3) is 0.0444. The molecule has 0 spiro atoms. The third-order valence-corrected chi connectivity index (χ3v) is 11.0. The van der Waals surface area contributed by atoms with E-state index in [9.17, 15) is 0 Å². The molecule has 10 rings (SSSR count). The zero-order valence-electron chi connectivity index (χ0n) is 27.0. The van der Waals surface area contributed by atoms with Gasteiger partial charge in [-0.25, -0.2) is 15.0 Å². The second kappa shape index (κ2) is 11.8. The van der Waals surface area contributed by atoms with Crippen molar-refractivity contribution in [2.24, 2.45) is 0 Å². The summed E-state index contributed by atoms with van der Waals surface area (Å²) in [5.41, 5.74) is 8.98. The highest BCUT2D eigenvalue weighted by molar-refractivity contribution is 7.26. The Kier molecular flexibility index (Phi) is 6.78. The number of hydrogen-bond acceptors (Lipinski definition) is 5. The van der Waals surface area contributed by atoms with E-state index in [1.54, 1.807) is 0 Å². The molecular weight excluding hydrogens is 629 g/mol. The largest absolute Gasteiger partial charge is 0.332 e. The van der Waals surface area contributed by atoms with E-state index in [2.05, 4.69) is 151 Å². The van der Waals surface area contributed by atoms with E-state index >= 15 is 0 Å². The summed E-state index contributed by atoms with van der Waals surface area (Å²) in [7, 11) is 0. The van der Waals surface area contributed by atoms with Crippen molar-refractivity contribution < 1.29 is 0 Å². The Balaban J connectivity index is 1.11. The number of anilines is 2. The second-order valence-electron chi connectivity index (χ2n) is 12.8. The zero-order chi connectivity index (χ0) is 33.0. The smallest absolute Gasteiger partial charge is 0.164 e. The molecule has 0 fully saturated rings. The van der Waals surface area contributed by atoms with Gasteiger partial charge in [-0.05, 0) is 34.9 Å². The first-order chi connectivity index (χ1) is 24.8. The molecule has 50 heavy (non-hydrogen) atoms. The Hall–Kier alpha value is -6.17. The zero-order valence-corrected chi connectivity index (χ0v) is 27.8. The SMILES string of the molecule is C1=CC2c3ccc4c(sc5ccccc54)c3N(c3cccc(-c4nc(-c5ccccc5)nc(-c5ccc(-c6ccccc6)cc5)n4)c3)C2C=C1. The molecule has 0 saturated carbocycles. The van der Waals surface area contributed by atoms with E-state index in [4.69, 9.17) is 15.0 Å². The van der Waals surface area contributed by atoms with E-state index in [0.29, 0.717) is 17.5 Å². The van der Waals surface area contributed by atoms with Gasteiger partial charge >= 0.3 is 0 Å². The first-order valence-electron chi connectivity index (χ1n) is 16.9. The Morgan fingerprint density at radius 1 is 0.480 bits per heavy atom. The van der Waals surface area contributed by atoms with Gasteiger partial charge in [0, 0.05) is 43.8 Å². The van der Waals surface area contributed by atoms with Crippen molar-refractivity contribution in [3.05, 3.63) is 175 Å². The molecule has 0 amide bonds. The Labute approximate surface area is 294 Å². The summed E-state index contributed by atoms with van der Waals surface area (Å²) < 4.78 is 2.64. The van der Waals surface area contributed by atoms with Crippen LogP contribution in [0.2, 0.25) is 0 Å². The highest BCUT2D eigenvalue weighted by Crippen LogP contribution is 2.53. The van der Waals surface area contributed by atoms with Gasteiger partial charge in [0.05, 0.1) is 16.4 Å². The van der Waals surface area contributed by atoms with Crippen LogP contribution in [-0.2, 0) is 0 Å². The minimum absolute atomic E-state index is 0.179. The van der Waals surface area contributed by atoms with Gasteiger partial charge in [-0.3, -0.25) is 0 Å². The summed E-state index contributed by atoms with van der Waals surface area (Å²) in [5, 5.41) is 2.62. The van der Waals surface area contributed by atoms with Gasteiger partial charge in [-0.15, -0.1) is 11.3 Å². The van der Waals surface area contributed by atoms with Gasteiger partial charge in [-0.2, -0.15) is 0 Å². The van der Waals surface area contributed by atoms with Crippen LogP contribution in [0.25, 0.3) is 65.5 Å². The molecule has 0 radical (unpaired) electrons. The molecule has 8 aromatic rings. The predicted molar refractivity (Wildman–Crippen MR) is 208 cm³/mol. The third kappa shape index (κ3) is 4.78. The van der Waals surface area contributed by atoms with E-state index in [-0.39, 0.29) is 12.0 Å². The van der Waals surface area contributed by atoms with Crippen molar-refractivity contribution in [2.45, 2.75) is 12.0 Å². The molecule has 0 bridgehead atoms. The van der Waals surface area contributed by atoms with Gasteiger partial charge in [0.2, 0.25) is 0 Å². The first kappa shape index (κ1) is 28.8. The number of nitrogens with zero attached hydrogens (tertiary/aromatic N) is 4. The van der Waals surface area contributed by atoms with Crippen molar-refractivity contribution in [1.29, 1.82) is 0 Å². The lowest BCUT2D eigenvalue weighted by Gasteiger charge is -2.29. The standard InChI is InChI=1S/C45H30N4S/c1-3-12-29(13-4-1)30-22-24-32(25-23-30)44-46-43(31-14-5-2-6-15-31)47-45(48-44)33-16-11-17-34(28-33)49-39-20-9-7-18-35(39)37-26-27-38-36-19-8-10-21-40(36)50-42(38)41(37)49/h1-28,35,39H. The molecule has 2 unspecified atom stereocenters. The minimum atomic E-state index is 0.179. The van der Waals surface area contributed by atoms with Crippen molar-refractivity contribution in [1.82, 2.24) is 15.0 Å². The summed E-state index contributed by atoms with van der Waals surface area (Å²) in [4.78, 5) is 17.7. The fourth-order valence-corrected chi connectivity index (χ4v) is 8.73. The molecule has 4 nitrogen and oxygen atoms in total. The Morgan fingerprint density at radius 3 is 1.86 bits per heavy atom. The molecule has 2 aromatic heterocycles. The fourth-order valence-electron chi connectivity index (χ4n) is 7.48. The van der Waals surface area contributed by atoms with Crippen LogP contribution >= 0.6 is 11.3 Å². The van der Waals surface area contributed by atoms with Gasteiger partial charge in [0.15, 0.2) is 17.5 Å². The van der Waals surface area contributed by atoms with Gasteiger partial charge in [0.1, 0.15) is 0 Å². The van der Waals surface area contributed by atoms with Crippen LogP contribution < -0.4 is 4.90 Å². The molecular formula is C45H30N4S. The molecule has 1 aliphatic carbocycles. The van der Waals surface area contributed by atoms with Crippen LogP contribution in [0, 0.1) is 0 Å². The van der Waals surface area contributed by atoms with Crippen molar-refractivity contribution in [2.75, 3.05) is 4.90 Å². The van der Waals surface area contributed by atoms with E-state index in [1.165, 1.54) is 37.0 Å². The molecule has 3 heterocycles. The van der Waals surface area contributed by atoms with Gasteiger partial charge in [-0.1, -0.05) is 152 Å². The molecule has 1 aliphatic heterocycles. The van der Waals surface area contributed by atoms with Crippen molar-refractivity contribution in [3.63, 3.8) is 0 Å². The maximum Gasteiger partial charge on any atom is 0.164 e. The molecule has 2 atom stereocenters. The number of rotatable bonds is 5. The average Bonchev–Trinajstić information content (AvgIpc) is 3.75. The maximum absolute atomic E-state index is 5.11. The van der Waals surface area contributed by atoms with Gasteiger partial charge in [0.25, 0.3) is 0 Å². The molecule has 6 aromatic carbocycles. The highest BCUT2D eigenvalue weighted by atomic mass is 32.1. The van der Waals surface area contributed by atoms with E-state index < -0.39 is 0 Å². The van der Waals surface area contributed by atoms with Gasteiger partial charge < -0.3 is 4.90 Å². The average molecular weight is 659 g/mol. The highest BCUT2D eigenvalue weighted by Gasteiger charge is 2.39. The predicted octanol–water partition coefficient (Wildman–Crippen LogP) is 11.6. The minimum Gasteiger partial charge on any atom is -0.332 e. The maximum atomic E-state index is 5.11. The molecule has 236 valence electrons. The summed E-state index contributed by atoms with van der Waals surface area (Å²) in [6.45, 7) is 0. The topological polar surface area (TPSA) is 41.9 Å². The number of benzene rings is 6. The molecule has 5 heteroatoms. The van der Waals surface area contributed by atoms with Crippen LogP contribution in [0.4, 0.5) is 11.4 Å². The summed E-state index contributed by atoms with van der Waals surface area (Å²) in [6, 6.07) is 51.4. The summed E-state index contributed by atoms with van der Waals surface area (Å²) >= 11 is 1.89. The number of fused-ring (bicyclic) bond motifs is 7. The molecule has 0 saturated heterocycles. The van der Waals surface area contributed by atoms with Crippen molar-refractivity contribution in [3.8, 4) is 45.3 Å². The quantitative estimate of drug-likeness (QED) is 0.185.